The molecule has 0 amide bonds. The van der Waals surface area contributed by atoms with Crippen LogP contribution in [0, 0.1) is 17.2 Å². The van der Waals surface area contributed by atoms with E-state index >= 15 is 0 Å². The van der Waals surface area contributed by atoms with Crippen molar-refractivity contribution in [3.8, 4) is 6.07 Å². The van der Waals surface area contributed by atoms with Crippen LogP contribution in [0.25, 0.3) is 0 Å². The van der Waals surface area contributed by atoms with E-state index in [1.165, 1.54) is 12.5 Å². The fourth-order valence-corrected chi connectivity index (χ4v) is 1.37. The molecule has 0 radical (unpaired) electrons. The molecule has 0 aliphatic heterocycles. The zero-order chi connectivity index (χ0) is 10.6. The standard InChI is InChI=1S/C9H11ClN4/c1-7(3-11)5-14(2)9-8(10)4-12-6-13-9/h4,6-7H,5H2,1-2H3. The lowest BCUT2D eigenvalue weighted by Crippen LogP contribution is -2.24. The lowest BCUT2D eigenvalue weighted by molar-refractivity contribution is 0.709. The largest absolute Gasteiger partial charge is 0.357 e. The molecule has 1 heterocycles. The molecule has 0 aliphatic rings. The van der Waals surface area contributed by atoms with Crippen LogP contribution < -0.4 is 4.90 Å². The third-order valence-corrected chi connectivity index (χ3v) is 2.04. The monoisotopic (exact) mass is 210 g/mol. The maximum absolute atomic E-state index is 8.66. The van der Waals surface area contributed by atoms with Gasteiger partial charge < -0.3 is 4.90 Å². The number of nitriles is 1. The summed E-state index contributed by atoms with van der Waals surface area (Å²) in [5.74, 6) is 0.606. The zero-order valence-corrected chi connectivity index (χ0v) is 8.86. The van der Waals surface area contributed by atoms with Crippen LogP contribution in [-0.4, -0.2) is 23.6 Å². The Morgan fingerprint density at radius 1 is 1.71 bits per heavy atom. The molecule has 0 spiro atoms. The van der Waals surface area contributed by atoms with Gasteiger partial charge in [-0.25, -0.2) is 9.97 Å². The molecule has 5 heteroatoms. The highest BCUT2D eigenvalue weighted by molar-refractivity contribution is 6.32. The second-order valence-electron chi connectivity index (χ2n) is 3.10. The minimum atomic E-state index is -0.0500. The Morgan fingerprint density at radius 3 is 3.00 bits per heavy atom. The van der Waals surface area contributed by atoms with Crippen molar-refractivity contribution in [2.75, 3.05) is 18.5 Å². The normalized spacial score (nSPS) is 11.9. The first-order chi connectivity index (χ1) is 6.65. The number of hydrogen-bond donors (Lipinski definition) is 0. The molecule has 14 heavy (non-hydrogen) atoms. The summed E-state index contributed by atoms with van der Waals surface area (Å²) in [6, 6.07) is 2.16. The fraction of sp³-hybridized carbons (Fsp3) is 0.444. The van der Waals surface area contributed by atoms with Crippen LogP contribution in [0.1, 0.15) is 6.92 Å². The Labute approximate surface area is 88.2 Å². The van der Waals surface area contributed by atoms with E-state index in [0.29, 0.717) is 17.4 Å². The topological polar surface area (TPSA) is 52.8 Å². The van der Waals surface area contributed by atoms with Crippen molar-refractivity contribution in [3.05, 3.63) is 17.5 Å². The van der Waals surface area contributed by atoms with Gasteiger partial charge in [0.25, 0.3) is 0 Å². The Balaban J connectivity index is 2.75. The highest BCUT2D eigenvalue weighted by Crippen LogP contribution is 2.20. The van der Waals surface area contributed by atoms with Crippen LogP contribution in [-0.2, 0) is 0 Å². The summed E-state index contributed by atoms with van der Waals surface area (Å²) in [4.78, 5) is 9.68. The number of aromatic nitrogens is 2. The lowest BCUT2D eigenvalue weighted by atomic mass is 10.2. The van der Waals surface area contributed by atoms with E-state index in [4.69, 9.17) is 16.9 Å². The minimum absolute atomic E-state index is 0.0500. The molecular weight excluding hydrogens is 200 g/mol. The second-order valence-corrected chi connectivity index (χ2v) is 3.51. The fourth-order valence-electron chi connectivity index (χ4n) is 1.13. The molecule has 4 nitrogen and oxygen atoms in total. The Kier molecular flexibility index (Phi) is 3.66. The van der Waals surface area contributed by atoms with Gasteiger partial charge in [-0.15, -0.1) is 0 Å². The first-order valence-corrected chi connectivity index (χ1v) is 4.59. The Bertz CT molecular complexity index is 347. The molecular formula is C9H11ClN4. The van der Waals surface area contributed by atoms with Crippen molar-refractivity contribution in [2.45, 2.75) is 6.92 Å². The van der Waals surface area contributed by atoms with Crippen LogP contribution >= 0.6 is 11.6 Å². The van der Waals surface area contributed by atoms with Gasteiger partial charge >= 0.3 is 0 Å². The Morgan fingerprint density at radius 2 is 2.43 bits per heavy atom. The molecule has 0 fully saturated rings. The van der Waals surface area contributed by atoms with E-state index in [9.17, 15) is 0 Å². The van der Waals surface area contributed by atoms with Crippen LogP contribution in [0.5, 0.6) is 0 Å². The number of nitrogens with zero attached hydrogens (tertiary/aromatic N) is 4. The molecule has 0 saturated carbocycles. The van der Waals surface area contributed by atoms with Gasteiger partial charge in [0, 0.05) is 13.6 Å². The van der Waals surface area contributed by atoms with Gasteiger partial charge in [0.05, 0.1) is 18.2 Å². The summed E-state index contributed by atoms with van der Waals surface area (Å²) in [5.41, 5.74) is 0. The third kappa shape index (κ3) is 2.57. The van der Waals surface area contributed by atoms with E-state index in [0.717, 1.165) is 0 Å². The van der Waals surface area contributed by atoms with Crippen molar-refractivity contribution in [3.63, 3.8) is 0 Å². The first-order valence-electron chi connectivity index (χ1n) is 4.21. The molecule has 0 bridgehead atoms. The summed E-state index contributed by atoms with van der Waals surface area (Å²) in [7, 11) is 1.85. The van der Waals surface area contributed by atoms with E-state index in [1.54, 1.807) is 0 Å². The average Bonchev–Trinajstić information content (AvgIpc) is 2.18. The third-order valence-electron chi connectivity index (χ3n) is 1.78. The van der Waals surface area contributed by atoms with Gasteiger partial charge in [-0.1, -0.05) is 11.6 Å². The van der Waals surface area contributed by atoms with Crippen molar-refractivity contribution < 1.29 is 0 Å². The molecule has 0 aromatic carbocycles. The average molecular weight is 211 g/mol. The van der Waals surface area contributed by atoms with Crippen molar-refractivity contribution in [2.24, 2.45) is 5.92 Å². The van der Waals surface area contributed by atoms with Crippen molar-refractivity contribution >= 4 is 17.4 Å². The van der Waals surface area contributed by atoms with Gasteiger partial charge in [-0.2, -0.15) is 5.26 Å². The summed E-state index contributed by atoms with van der Waals surface area (Å²) in [6.07, 6.45) is 2.98. The van der Waals surface area contributed by atoms with Gasteiger partial charge in [0.2, 0.25) is 0 Å². The molecule has 0 N–H and O–H groups in total. The van der Waals surface area contributed by atoms with Crippen LogP contribution in [0.4, 0.5) is 5.82 Å². The van der Waals surface area contributed by atoms with E-state index in [-0.39, 0.29) is 5.92 Å². The summed E-state index contributed by atoms with van der Waals surface area (Å²) < 4.78 is 0. The van der Waals surface area contributed by atoms with E-state index in [1.807, 2.05) is 18.9 Å². The second kappa shape index (κ2) is 4.77. The van der Waals surface area contributed by atoms with E-state index in [2.05, 4.69) is 16.0 Å². The number of hydrogen-bond acceptors (Lipinski definition) is 4. The van der Waals surface area contributed by atoms with Crippen molar-refractivity contribution in [1.82, 2.24) is 9.97 Å². The van der Waals surface area contributed by atoms with Gasteiger partial charge in [-0.05, 0) is 6.92 Å². The first kappa shape index (κ1) is 10.7. The van der Waals surface area contributed by atoms with Crippen molar-refractivity contribution in [1.29, 1.82) is 5.26 Å². The predicted octanol–water partition coefficient (Wildman–Crippen LogP) is 1.73. The lowest BCUT2D eigenvalue weighted by Gasteiger charge is -2.19. The molecule has 0 saturated heterocycles. The maximum Gasteiger partial charge on any atom is 0.150 e. The summed E-state index contributed by atoms with van der Waals surface area (Å²) in [6.45, 7) is 2.46. The van der Waals surface area contributed by atoms with Gasteiger partial charge in [0.15, 0.2) is 5.82 Å². The highest BCUT2D eigenvalue weighted by atomic mass is 35.5. The SMILES string of the molecule is CC(C#N)CN(C)c1ncncc1Cl. The molecule has 1 aromatic heterocycles. The number of anilines is 1. The molecule has 1 atom stereocenters. The van der Waals surface area contributed by atoms with Gasteiger partial charge in [0.1, 0.15) is 11.3 Å². The smallest absolute Gasteiger partial charge is 0.150 e. The number of halogens is 1. The van der Waals surface area contributed by atoms with Gasteiger partial charge in [-0.3, -0.25) is 0 Å². The molecule has 0 aliphatic carbocycles. The summed E-state index contributed by atoms with van der Waals surface area (Å²) in [5, 5.41) is 9.16. The summed E-state index contributed by atoms with van der Waals surface area (Å²) >= 11 is 5.90. The number of rotatable bonds is 3. The molecule has 74 valence electrons. The maximum atomic E-state index is 8.66. The highest BCUT2D eigenvalue weighted by Gasteiger charge is 2.10. The Hall–Kier alpha value is -1.34. The molecule has 1 aromatic rings. The zero-order valence-electron chi connectivity index (χ0n) is 8.11. The quantitative estimate of drug-likeness (QED) is 0.763. The predicted molar refractivity (Wildman–Crippen MR) is 55.1 cm³/mol. The van der Waals surface area contributed by atoms with Crippen LogP contribution in [0.2, 0.25) is 5.02 Å². The molecule has 1 rings (SSSR count). The molecule has 1 unspecified atom stereocenters. The van der Waals surface area contributed by atoms with Crippen LogP contribution in [0.3, 0.4) is 0 Å². The van der Waals surface area contributed by atoms with Crippen LogP contribution in [0.15, 0.2) is 12.5 Å². The minimum Gasteiger partial charge on any atom is -0.357 e. The van der Waals surface area contributed by atoms with E-state index < -0.39 is 0 Å².